The molecule has 0 saturated carbocycles. The van der Waals surface area contributed by atoms with E-state index in [0.29, 0.717) is 25.1 Å². The Balaban J connectivity index is 1.48. The maximum absolute atomic E-state index is 13.5. The number of nitrogens with zero attached hydrogens (tertiary/aromatic N) is 2. The Morgan fingerprint density at radius 3 is 2.39 bits per heavy atom. The van der Waals surface area contributed by atoms with E-state index in [1.54, 1.807) is 16.7 Å². The zero-order chi connectivity index (χ0) is 26.0. The molecule has 6 nitrogen and oxygen atoms in total. The minimum absolute atomic E-state index is 0.0241. The van der Waals surface area contributed by atoms with Crippen molar-refractivity contribution in [1.82, 2.24) is 10.2 Å². The van der Waals surface area contributed by atoms with Gasteiger partial charge < -0.3 is 15.1 Å². The molecule has 1 atom stereocenters. The lowest BCUT2D eigenvalue weighted by atomic mass is 10.1. The number of anilines is 1. The quantitative estimate of drug-likeness (QED) is 0.476. The number of carbonyl (C=O) groups is 3. The highest BCUT2D eigenvalue weighted by molar-refractivity contribution is 6.25. The van der Waals surface area contributed by atoms with Crippen LogP contribution in [0.2, 0.25) is 0 Å². The molecule has 1 N–H and O–H groups in total. The molecule has 0 spiro atoms. The molecular formula is C30H35N3O3. The summed E-state index contributed by atoms with van der Waals surface area (Å²) >= 11 is 0. The summed E-state index contributed by atoms with van der Waals surface area (Å²) in [5.74, 6) is -0.303. The molecule has 6 heteroatoms. The van der Waals surface area contributed by atoms with Crippen molar-refractivity contribution in [3.8, 4) is 0 Å². The van der Waals surface area contributed by atoms with Crippen LogP contribution in [0.1, 0.15) is 62.0 Å². The van der Waals surface area contributed by atoms with Crippen molar-refractivity contribution in [3.05, 3.63) is 77.4 Å². The van der Waals surface area contributed by atoms with E-state index in [4.69, 9.17) is 0 Å². The second-order valence-corrected chi connectivity index (χ2v) is 10.6. The first-order valence-electron chi connectivity index (χ1n) is 12.6. The number of amides is 3. The molecule has 36 heavy (non-hydrogen) atoms. The lowest BCUT2D eigenvalue weighted by Gasteiger charge is -2.32. The van der Waals surface area contributed by atoms with Crippen molar-refractivity contribution in [2.24, 2.45) is 0 Å². The molecule has 1 aliphatic heterocycles. The average molecular weight is 486 g/mol. The Kier molecular flexibility index (Phi) is 7.16. The first kappa shape index (κ1) is 25.4. The van der Waals surface area contributed by atoms with Crippen molar-refractivity contribution in [2.45, 2.75) is 65.6 Å². The molecule has 3 amide bonds. The summed E-state index contributed by atoms with van der Waals surface area (Å²) in [7, 11) is 0. The number of carbonyl (C=O) groups excluding carboxylic acids is 3. The summed E-state index contributed by atoms with van der Waals surface area (Å²) in [6.45, 7) is 10.4. The SMILES string of the molecule is Cc1ccccc1CN(C(=O)CCCN1C(=O)c2cccc3cccc1c23)[C@H](C)C(=O)NC(C)(C)C. The fourth-order valence-electron chi connectivity index (χ4n) is 4.76. The third kappa shape index (κ3) is 5.27. The van der Waals surface area contributed by atoms with Crippen LogP contribution in [-0.4, -0.2) is 40.7 Å². The molecule has 0 fully saturated rings. The van der Waals surface area contributed by atoms with Crippen molar-refractivity contribution < 1.29 is 14.4 Å². The summed E-state index contributed by atoms with van der Waals surface area (Å²) in [6.07, 6.45) is 0.752. The Bertz CT molecular complexity index is 1300. The summed E-state index contributed by atoms with van der Waals surface area (Å²) in [5, 5.41) is 5.02. The largest absolute Gasteiger partial charge is 0.350 e. The lowest BCUT2D eigenvalue weighted by molar-refractivity contribution is -0.141. The van der Waals surface area contributed by atoms with E-state index in [0.717, 1.165) is 27.6 Å². The number of rotatable bonds is 8. The maximum atomic E-state index is 13.5. The van der Waals surface area contributed by atoms with Gasteiger partial charge in [-0.15, -0.1) is 0 Å². The predicted octanol–water partition coefficient (Wildman–Crippen LogP) is 5.22. The molecule has 0 unspecified atom stereocenters. The Labute approximate surface area is 213 Å². The highest BCUT2D eigenvalue weighted by Gasteiger charge is 2.31. The van der Waals surface area contributed by atoms with Gasteiger partial charge in [0.25, 0.3) is 5.91 Å². The molecule has 1 aliphatic rings. The Hall–Kier alpha value is -3.67. The van der Waals surface area contributed by atoms with Crippen LogP contribution < -0.4 is 10.2 Å². The van der Waals surface area contributed by atoms with Crippen LogP contribution in [0.15, 0.2) is 60.7 Å². The van der Waals surface area contributed by atoms with Crippen LogP contribution in [0.25, 0.3) is 10.8 Å². The molecule has 3 aromatic carbocycles. The van der Waals surface area contributed by atoms with E-state index in [-0.39, 0.29) is 24.1 Å². The number of nitrogens with one attached hydrogen (secondary N) is 1. The monoisotopic (exact) mass is 485 g/mol. The van der Waals surface area contributed by atoms with Crippen LogP contribution >= 0.6 is 0 Å². The molecule has 3 aromatic rings. The van der Waals surface area contributed by atoms with Gasteiger partial charge in [0.15, 0.2) is 0 Å². The molecule has 4 rings (SSSR count). The topological polar surface area (TPSA) is 69.7 Å². The van der Waals surface area contributed by atoms with Gasteiger partial charge in [-0.25, -0.2) is 0 Å². The van der Waals surface area contributed by atoms with Gasteiger partial charge in [0.05, 0.1) is 5.69 Å². The van der Waals surface area contributed by atoms with Crippen LogP contribution in [-0.2, 0) is 16.1 Å². The molecule has 188 valence electrons. The lowest BCUT2D eigenvalue weighted by Crippen LogP contribution is -2.52. The minimum Gasteiger partial charge on any atom is -0.350 e. The zero-order valence-electron chi connectivity index (χ0n) is 21.8. The van der Waals surface area contributed by atoms with E-state index in [1.807, 2.05) is 88.4 Å². The summed E-state index contributed by atoms with van der Waals surface area (Å²) in [4.78, 5) is 43.0. The highest BCUT2D eigenvalue weighted by Crippen LogP contribution is 2.37. The molecule has 0 aliphatic carbocycles. The second kappa shape index (κ2) is 10.1. The highest BCUT2D eigenvalue weighted by atomic mass is 16.2. The van der Waals surface area contributed by atoms with Crippen molar-refractivity contribution in [2.75, 3.05) is 11.4 Å². The van der Waals surface area contributed by atoms with Gasteiger partial charge in [0.2, 0.25) is 11.8 Å². The predicted molar refractivity (Wildman–Crippen MR) is 144 cm³/mol. The first-order chi connectivity index (χ1) is 17.1. The first-order valence-corrected chi connectivity index (χ1v) is 12.6. The Morgan fingerprint density at radius 2 is 1.69 bits per heavy atom. The van der Waals surface area contributed by atoms with E-state index >= 15 is 0 Å². The average Bonchev–Trinajstić information content (AvgIpc) is 3.10. The van der Waals surface area contributed by atoms with Gasteiger partial charge in [0.1, 0.15) is 6.04 Å². The minimum atomic E-state index is -0.622. The van der Waals surface area contributed by atoms with Crippen molar-refractivity contribution in [3.63, 3.8) is 0 Å². The van der Waals surface area contributed by atoms with Gasteiger partial charge in [-0.1, -0.05) is 48.5 Å². The van der Waals surface area contributed by atoms with Crippen molar-refractivity contribution >= 4 is 34.2 Å². The van der Waals surface area contributed by atoms with E-state index < -0.39 is 11.6 Å². The van der Waals surface area contributed by atoms with Crippen LogP contribution in [0, 0.1) is 6.92 Å². The van der Waals surface area contributed by atoms with Gasteiger partial charge in [-0.2, -0.15) is 0 Å². The normalized spacial score (nSPS) is 13.7. The molecule has 0 radical (unpaired) electrons. The van der Waals surface area contributed by atoms with E-state index in [2.05, 4.69) is 5.32 Å². The van der Waals surface area contributed by atoms with Crippen LogP contribution in [0.5, 0.6) is 0 Å². The second-order valence-electron chi connectivity index (χ2n) is 10.6. The number of aryl methyl sites for hydroxylation is 1. The smallest absolute Gasteiger partial charge is 0.258 e. The molecular weight excluding hydrogens is 450 g/mol. The molecule has 1 heterocycles. The fraction of sp³-hybridized carbons (Fsp3) is 0.367. The number of hydrogen-bond donors (Lipinski definition) is 1. The van der Waals surface area contributed by atoms with Gasteiger partial charge in [0, 0.05) is 36.0 Å². The summed E-state index contributed by atoms with van der Waals surface area (Å²) < 4.78 is 0. The number of hydrogen-bond acceptors (Lipinski definition) is 3. The van der Waals surface area contributed by atoms with E-state index in [1.165, 1.54) is 0 Å². The third-order valence-corrected chi connectivity index (χ3v) is 6.69. The van der Waals surface area contributed by atoms with Gasteiger partial charge in [-0.05, 0) is 69.7 Å². The number of benzene rings is 3. The fourth-order valence-corrected chi connectivity index (χ4v) is 4.76. The van der Waals surface area contributed by atoms with Crippen LogP contribution in [0.4, 0.5) is 5.69 Å². The standard InChI is InChI=1S/C30H35N3O3/c1-20-11-6-7-12-23(20)19-33(21(2)28(35)31-30(3,4)5)26(34)17-10-18-32-25-16-9-14-22-13-8-15-24(27(22)25)29(32)36/h6-9,11-16,21H,10,17-19H2,1-5H3,(H,31,35)/t21-/m1/s1. The molecule has 0 bridgehead atoms. The zero-order valence-corrected chi connectivity index (χ0v) is 21.8. The molecule has 0 aromatic heterocycles. The maximum Gasteiger partial charge on any atom is 0.258 e. The van der Waals surface area contributed by atoms with Crippen molar-refractivity contribution in [1.29, 1.82) is 0 Å². The van der Waals surface area contributed by atoms with E-state index in [9.17, 15) is 14.4 Å². The third-order valence-electron chi connectivity index (χ3n) is 6.69. The Morgan fingerprint density at radius 1 is 1.00 bits per heavy atom. The molecule has 0 saturated heterocycles. The van der Waals surface area contributed by atoms with Gasteiger partial charge >= 0.3 is 0 Å². The summed E-state index contributed by atoms with van der Waals surface area (Å²) in [6, 6.07) is 19.0. The van der Waals surface area contributed by atoms with Crippen LogP contribution in [0.3, 0.4) is 0 Å². The summed E-state index contributed by atoms with van der Waals surface area (Å²) in [5.41, 5.74) is 3.30. The van der Waals surface area contributed by atoms with Gasteiger partial charge in [-0.3, -0.25) is 14.4 Å².